The Kier molecular flexibility index (Phi) is 4.74. The number of likely N-dealkylation sites (tertiary alicyclic amines) is 2. The summed E-state index contributed by atoms with van der Waals surface area (Å²) in [6, 6.07) is 7.25. The van der Waals surface area contributed by atoms with E-state index in [1.54, 1.807) is 15.4 Å². The third-order valence-electron chi connectivity index (χ3n) is 5.95. The van der Waals surface area contributed by atoms with Crippen LogP contribution in [-0.2, 0) is 11.3 Å². The van der Waals surface area contributed by atoms with E-state index in [0.717, 1.165) is 43.7 Å². The Hall–Kier alpha value is -2.25. The molecule has 2 fully saturated rings. The molecule has 4 heterocycles. The second kappa shape index (κ2) is 7.05. The average molecular weight is 370 g/mol. The fraction of sp³-hybridized carbons (Fsp3) is 0.550. The van der Waals surface area contributed by atoms with Crippen LogP contribution in [0.5, 0.6) is 0 Å². The van der Waals surface area contributed by atoms with Crippen molar-refractivity contribution in [1.29, 1.82) is 0 Å². The minimum absolute atomic E-state index is 0.00983. The Bertz CT molecular complexity index is 923. The van der Waals surface area contributed by atoms with Crippen LogP contribution in [-0.4, -0.2) is 63.0 Å². The lowest BCUT2D eigenvalue weighted by Gasteiger charge is -2.39. The van der Waals surface area contributed by atoms with E-state index < -0.39 is 0 Å². The third kappa shape index (κ3) is 3.26. The summed E-state index contributed by atoms with van der Waals surface area (Å²) < 4.78 is 1.62. The second-order valence-corrected chi connectivity index (χ2v) is 7.81. The molecule has 2 aromatic rings. The van der Waals surface area contributed by atoms with Crippen LogP contribution in [0.3, 0.4) is 0 Å². The number of hydrogen-bond donors (Lipinski definition) is 1. The molecular weight excluding hydrogens is 344 g/mol. The first-order valence-electron chi connectivity index (χ1n) is 9.63. The molecule has 7 heteroatoms. The number of aryl methyl sites for hydroxylation is 1. The SMILES string of the molecule is Cc1cccc2nc(CN3CC[C@@]4(CCCN(CCO)C4=O)C3)cc(=O)n12. The number of carbonyl (C=O) groups is 1. The van der Waals surface area contributed by atoms with E-state index in [2.05, 4.69) is 9.88 Å². The lowest BCUT2D eigenvalue weighted by atomic mass is 9.78. The van der Waals surface area contributed by atoms with Crippen molar-refractivity contribution < 1.29 is 9.90 Å². The topological polar surface area (TPSA) is 78.2 Å². The molecule has 4 rings (SSSR count). The molecule has 0 saturated carbocycles. The Labute approximate surface area is 158 Å². The second-order valence-electron chi connectivity index (χ2n) is 7.81. The van der Waals surface area contributed by atoms with Gasteiger partial charge in [-0.15, -0.1) is 0 Å². The van der Waals surface area contributed by atoms with Crippen LogP contribution >= 0.6 is 0 Å². The zero-order chi connectivity index (χ0) is 19.0. The molecule has 7 nitrogen and oxygen atoms in total. The lowest BCUT2D eigenvalue weighted by Crippen LogP contribution is -2.50. The molecule has 0 unspecified atom stereocenters. The predicted octanol–water partition coefficient (Wildman–Crippen LogP) is 0.810. The minimum atomic E-state index is -0.337. The van der Waals surface area contributed by atoms with Crippen molar-refractivity contribution in [3.8, 4) is 0 Å². The van der Waals surface area contributed by atoms with Gasteiger partial charge in [0.05, 0.1) is 17.7 Å². The molecule has 2 aliphatic rings. The number of amides is 1. The number of aliphatic hydroxyl groups excluding tert-OH is 1. The van der Waals surface area contributed by atoms with E-state index in [4.69, 9.17) is 0 Å². The quantitative estimate of drug-likeness (QED) is 0.862. The lowest BCUT2D eigenvalue weighted by molar-refractivity contribution is -0.146. The molecule has 1 N–H and O–H groups in total. The summed E-state index contributed by atoms with van der Waals surface area (Å²) in [5, 5.41) is 9.20. The summed E-state index contributed by atoms with van der Waals surface area (Å²) in [7, 11) is 0. The van der Waals surface area contributed by atoms with Crippen molar-refractivity contribution in [2.45, 2.75) is 32.7 Å². The normalized spacial score (nSPS) is 23.6. The van der Waals surface area contributed by atoms with Crippen molar-refractivity contribution in [3.63, 3.8) is 0 Å². The van der Waals surface area contributed by atoms with Gasteiger partial charge in [-0.05, 0) is 44.9 Å². The van der Waals surface area contributed by atoms with E-state index in [9.17, 15) is 14.7 Å². The minimum Gasteiger partial charge on any atom is -0.395 e. The van der Waals surface area contributed by atoms with E-state index in [1.807, 2.05) is 25.1 Å². The molecule has 1 atom stereocenters. The average Bonchev–Trinajstić information content (AvgIpc) is 3.02. The van der Waals surface area contributed by atoms with Gasteiger partial charge in [-0.25, -0.2) is 4.98 Å². The van der Waals surface area contributed by atoms with Crippen LogP contribution < -0.4 is 5.56 Å². The molecule has 144 valence electrons. The highest BCUT2D eigenvalue weighted by atomic mass is 16.3. The first-order chi connectivity index (χ1) is 13.0. The van der Waals surface area contributed by atoms with Crippen molar-refractivity contribution in [3.05, 3.63) is 46.0 Å². The van der Waals surface area contributed by atoms with Crippen LogP contribution in [0.2, 0.25) is 0 Å². The fourth-order valence-corrected chi connectivity index (χ4v) is 4.63. The van der Waals surface area contributed by atoms with Crippen LogP contribution in [0.15, 0.2) is 29.1 Å². The molecule has 27 heavy (non-hydrogen) atoms. The molecule has 1 amide bonds. The van der Waals surface area contributed by atoms with Gasteiger partial charge >= 0.3 is 0 Å². The molecule has 2 aliphatic heterocycles. The van der Waals surface area contributed by atoms with E-state index in [-0.39, 0.29) is 23.5 Å². The van der Waals surface area contributed by atoms with Crippen LogP contribution in [0, 0.1) is 12.3 Å². The molecular formula is C20H26N4O3. The van der Waals surface area contributed by atoms with Crippen molar-refractivity contribution >= 4 is 11.6 Å². The number of hydrogen-bond acceptors (Lipinski definition) is 5. The summed E-state index contributed by atoms with van der Waals surface area (Å²) >= 11 is 0. The standard InChI is InChI=1S/C20H26N4O3/c1-15-4-2-5-17-21-16(12-18(26)24(15)17)13-22-9-7-20(14-22)6-3-8-23(10-11-25)19(20)27/h2,4-5,12,25H,3,6-11,13-14H2,1H3/t20-/m0/s1. The summed E-state index contributed by atoms with van der Waals surface area (Å²) in [4.78, 5) is 34.1. The van der Waals surface area contributed by atoms with Crippen molar-refractivity contribution in [2.24, 2.45) is 5.41 Å². The summed E-state index contributed by atoms with van der Waals surface area (Å²) in [5.74, 6) is 0.174. The Morgan fingerprint density at radius 2 is 2.07 bits per heavy atom. The highest BCUT2D eigenvalue weighted by Gasteiger charge is 2.48. The number of β-amino-alcohol motifs (C(OH)–C–C–N with tert-alkyl or cyclic N) is 1. The van der Waals surface area contributed by atoms with Crippen LogP contribution in [0.4, 0.5) is 0 Å². The van der Waals surface area contributed by atoms with Gasteiger partial charge in [-0.2, -0.15) is 0 Å². The first kappa shape index (κ1) is 18.1. The molecule has 2 aromatic heterocycles. The van der Waals surface area contributed by atoms with Gasteiger partial charge in [-0.3, -0.25) is 18.9 Å². The molecule has 1 spiro atoms. The number of nitrogens with zero attached hydrogens (tertiary/aromatic N) is 4. The number of pyridine rings is 1. The number of aromatic nitrogens is 2. The fourth-order valence-electron chi connectivity index (χ4n) is 4.63. The molecule has 0 aromatic carbocycles. The van der Waals surface area contributed by atoms with Crippen molar-refractivity contribution in [2.75, 3.05) is 32.8 Å². The molecule has 0 radical (unpaired) electrons. The Balaban J connectivity index is 1.53. The Morgan fingerprint density at radius 1 is 1.22 bits per heavy atom. The van der Waals surface area contributed by atoms with Gasteiger partial charge in [0, 0.05) is 37.9 Å². The smallest absolute Gasteiger partial charge is 0.258 e. The zero-order valence-corrected chi connectivity index (χ0v) is 15.7. The van der Waals surface area contributed by atoms with Gasteiger partial charge in [0.2, 0.25) is 5.91 Å². The van der Waals surface area contributed by atoms with Crippen LogP contribution in [0.25, 0.3) is 5.65 Å². The van der Waals surface area contributed by atoms with Crippen molar-refractivity contribution in [1.82, 2.24) is 19.2 Å². The number of piperidine rings is 1. The summed E-state index contributed by atoms with van der Waals surface area (Å²) in [5.41, 5.74) is 1.88. The van der Waals surface area contributed by atoms with Gasteiger partial charge in [0.25, 0.3) is 5.56 Å². The largest absolute Gasteiger partial charge is 0.395 e. The molecule has 0 aliphatic carbocycles. The van der Waals surface area contributed by atoms with E-state index in [1.165, 1.54) is 0 Å². The van der Waals surface area contributed by atoms with E-state index in [0.29, 0.717) is 25.3 Å². The van der Waals surface area contributed by atoms with Crippen LogP contribution in [0.1, 0.15) is 30.7 Å². The third-order valence-corrected chi connectivity index (χ3v) is 5.95. The Morgan fingerprint density at radius 3 is 2.89 bits per heavy atom. The monoisotopic (exact) mass is 370 g/mol. The zero-order valence-electron chi connectivity index (χ0n) is 15.7. The summed E-state index contributed by atoms with van der Waals surface area (Å²) in [6.07, 6.45) is 2.71. The number of fused-ring (bicyclic) bond motifs is 1. The number of aliphatic hydroxyl groups is 1. The van der Waals surface area contributed by atoms with Gasteiger partial charge in [0.1, 0.15) is 5.65 Å². The molecule has 0 bridgehead atoms. The highest BCUT2D eigenvalue weighted by molar-refractivity contribution is 5.84. The summed E-state index contributed by atoms with van der Waals surface area (Å²) in [6.45, 7) is 5.17. The van der Waals surface area contributed by atoms with E-state index >= 15 is 0 Å². The van der Waals surface area contributed by atoms with Gasteiger partial charge in [-0.1, -0.05) is 6.07 Å². The number of carbonyl (C=O) groups excluding carboxylic acids is 1. The number of rotatable bonds is 4. The maximum Gasteiger partial charge on any atom is 0.258 e. The van der Waals surface area contributed by atoms with Gasteiger partial charge < -0.3 is 10.0 Å². The molecule has 2 saturated heterocycles. The maximum atomic E-state index is 12.9. The maximum absolute atomic E-state index is 12.9. The highest BCUT2D eigenvalue weighted by Crippen LogP contribution is 2.40. The predicted molar refractivity (Wildman–Crippen MR) is 101 cm³/mol. The first-order valence-corrected chi connectivity index (χ1v) is 9.63. The van der Waals surface area contributed by atoms with Gasteiger partial charge in [0.15, 0.2) is 0 Å².